The van der Waals surface area contributed by atoms with Gasteiger partial charge in [-0.1, -0.05) is 31.2 Å². The van der Waals surface area contributed by atoms with Crippen molar-refractivity contribution in [2.75, 3.05) is 19.6 Å². The molecule has 2 aromatic rings. The molecule has 0 aliphatic carbocycles. The van der Waals surface area contributed by atoms with Crippen LogP contribution in [0, 0.1) is 5.92 Å². The number of nitrogens with zero attached hydrogens (tertiary/aromatic N) is 2. The number of hydrogen-bond acceptors (Lipinski definition) is 4. The monoisotopic (exact) mass is 315 g/mol. The average molecular weight is 315 g/mol. The van der Waals surface area contributed by atoms with Crippen molar-refractivity contribution in [1.82, 2.24) is 9.88 Å². The van der Waals surface area contributed by atoms with Crippen molar-refractivity contribution in [2.24, 2.45) is 11.7 Å². The van der Waals surface area contributed by atoms with Crippen molar-refractivity contribution in [3.63, 3.8) is 0 Å². The molecule has 118 valence electrons. The highest BCUT2D eigenvalue weighted by Crippen LogP contribution is 2.29. The number of piperidine rings is 1. The fourth-order valence-electron chi connectivity index (χ4n) is 3.02. The van der Waals surface area contributed by atoms with Gasteiger partial charge in [0.25, 0.3) is 0 Å². The van der Waals surface area contributed by atoms with Gasteiger partial charge in [0.1, 0.15) is 5.01 Å². The average Bonchev–Trinajstić information content (AvgIpc) is 2.99. The van der Waals surface area contributed by atoms with Crippen LogP contribution in [-0.4, -0.2) is 29.5 Å². The number of benzene rings is 1. The molecule has 0 spiro atoms. The van der Waals surface area contributed by atoms with E-state index >= 15 is 0 Å². The number of aromatic nitrogens is 1. The lowest BCUT2D eigenvalue weighted by molar-refractivity contribution is 0.185. The summed E-state index contributed by atoms with van der Waals surface area (Å²) in [5.74, 6) is 0.879. The van der Waals surface area contributed by atoms with Gasteiger partial charge in [0, 0.05) is 23.9 Å². The van der Waals surface area contributed by atoms with Crippen LogP contribution in [0.4, 0.5) is 0 Å². The fourth-order valence-corrected chi connectivity index (χ4v) is 3.94. The van der Waals surface area contributed by atoms with E-state index in [1.54, 1.807) is 11.3 Å². The molecule has 0 unspecified atom stereocenters. The molecule has 0 radical (unpaired) electrons. The zero-order valence-corrected chi connectivity index (χ0v) is 14.1. The maximum atomic E-state index is 5.63. The van der Waals surface area contributed by atoms with Gasteiger partial charge in [-0.2, -0.15) is 0 Å². The minimum Gasteiger partial charge on any atom is -0.330 e. The molecule has 1 aromatic carbocycles. The normalized spacial score (nSPS) is 17.0. The van der Waals surface area contributed by atoms with Crippen LogP contribution < -0.4 is 5.73 Å². The standard InChI is InChI=1S/C18H25N3S/c1-14-7-10-21(11-8-14)12-15-4-2-3-5-17(15)18-20-16(6-9-19)13-22-18/h2-5,13-14H,6-12,19H2,1H3. The zero-order chi connectivity index (χ0) is 15.4. The Kier molecular flexibility index (Phi) is 5.24. The first-order valence-corrected chi connectivity index (χ1v) is 9.09. The third kappa shape index (κ3) is 3.75. The smallest absolute Gasteiger partial charge is 0.123 e. The maximum absolute atomic E-state index is 5.63. The summed E-state index contributed by atoms with van der Waals surface area (Å²) in [6.45, 7) is 6.49. The Balaban J connectivity index is 1.77. The molecule has 0 amide bonds. The van der Waals surface area contributed by atoms with Crippen molar-refractivity contribution < 1.29 is 0 Å². The van der Waals surface area contributed by atoms with Crippen molar-refractivity contribution in [2.45, 2.75) is 32.7 Å². The van der Waals surface area contributed by atoms with E-state index in [2.05, 4.69) is 41.5 Å². The Morgan fingerprint density at radius 1 is 1.27 bits per heavy atom. The first-order valence-electron chi connectivity index (χ1n) is 8.21. The molecule has 0 bridgehead atoms. The fraction of sp³-hybridized carbons (Fsp3) is 0.500. The summed E-state index contributed by atoms with van der Waals surface area (Å²) in [6.07, 6.45) is 3.50. The Bertz CT molecular complexity index is 600. The quantitative estimate of drug-likeness (QED) is 0.917. The molecule has 2 heterocycles. The van der Waals surface area contributed by atoms with E-state index in [0.717, 1.165) is 29.6 Å². The van der Waals surface area contributed by atoms with Crippen molar-refractivity contribution >= 4 is 11.3 Å². The topological polar surface area (TPSA) is 42.2 Å². The Morgan fingerprint density at radius 2 is 2.05 bits per heavy atom. The molecule has 1 aliphatic heterocycles. The van der Waals surface area contributed by atoms with Gasteiger partial charge in [0.2, 0.25) is 0 Å². The molecule has 1 fully saturated rings. The van der Waals surface area contributed by atoms with Gasteiger partial charge in [-0.15, -0.1) is 11.3 Å². The molecular formula is C18H25N3S. The van der Waals surface area contributed by atoms with Gasteiger partial charge in [-0.3, -0.25) is 4.90 Å². The predicted molar refractivity (Wildman–Crippen MR) is 94.0 cm³/mol. The summed E-state index contributed by atoms with van der Waals surface area (Å²) < 4.78 is 0. The summed E-state index contributed by atoms with van der Waals surface area (Å²) in [6, 6.07) is 8.70. The number of rotatable bonds is 5. The van der Waals surface area contributed by atoms with Crippen LogP contribution >= 0.6 is 11.3 Å². The third-order valence-electron chi connectivity index (χ3n) is 4.47. The summed E-state index contributed by atoms with van der Waals surface area (Å²) in [7, 11) is 0. The predicted octanol–water partition coefficient (Wildman–Crippen LogP) is 3.54. The van der Waals surface area contributed by atoms with Crippen LogP contribution in [0.5, 0.6) is 0 Å². The van der Waals surface area contributed by atoms with Crippen LogP contribution in [0.3, 0.4) is 0 Å². The van der Waals surface area contributed by atoms with Crippen LogP contribution in [0.1, 0.15) is 31.0 Å². The highest BCUT2D eigenvalue weighted by molar-refractivity contribution is 7.13. The minimum absolute atomic E-state index is 0.663. The number of thiazole rings is 1. The molecule has 2 N–H and O–H groups in total. The van der Waals surface area contributed by atoms with Gasteiger partial charge in [-0.05, 0) is 44.0 Å². The SMILES string of the molecule is CC1CCN(Cc2ccccc2-c2nc(CCN)cs2)CC1. The van der Waals surface area contributed by atoms with E-state index in [4.69, 9.17) is 10.7 Å². The molecule has 3 nitrogen and oxygen atoms in total. The molecule has 3 rings (SSSR count). The largest absolute Gasteiger partial charge is 0.330 e. The van der Waals surface area contributed by atoms with Crippen molar-refractivity contribution in [3.8, 4) is 10.6 Å². The van der Waals surface area contributed by atoms with Crippen molar-refractivity contribution in [3.05, 3.63) is 40.9 Å². The molecule has 4 heteroatoms. The van der Waals surface area contributed by atoms with E-state index in [0.29, 0.717) is 6.54 Å². The number of nitrogens with two attached hydrogens (primary N) is 1. The zero-order valence-electron chi connectivity index (χ0n) is 13.3. The van der Waals surface area contributed by atoms with Crippen LogP contribution in [0.2, 0.25) is 0 Å². The second kappa shape index (κ2) is 7.36. The highest BCUT2D eigenvalue weighted by Gasteiger charge is 2.17. The molecule has 1 aromatic heterocycles. The molecule has 0 saturated carbocycles. The molecule has 0 atom stereocenters. The van der Waals surface area contributed by atoms with Crippen LogP contribution in [0.25, 0.3) is 10.6 Å². The Hall–Kier alpha value is -1.23. The molecule has 22 heavy (non-hydrogen) atoms. The number of hydrogen-bond donors (Lipinski definition) is 1. The lowest BCUT2D eigenvalue weighted by atomic mass is 9.98. The maximum Gasteiger partial charge on any atom is 0.123 e. The first-order chi connectivity index (χ1) is 10.8. The van der Waals surface area contributed by atoms with Crippen LogP contribution in [0.15, 0.2) is 29.6 Å². The van der Waals surface area contributed by atoms with Gasteiger partial charge in [0.15, 0.2) is 0 Å². The van der Waals surface area contributed by atoms with Crippen LogP contribution in [-0.2, 0) is 13.0 Å². The highest BCUT2D eigenvalue weighted by atomic mass is 32.1. The molecule has 1 aliphatic rings. The van der Waals surface area contributed by atoms with E-state index in [9.17, 15) is 0 Å². The second-order valence-corrected chi connectivity index (χ2v) is 7.16. The second-order valence-electron chi connectivity index (χ2n) is 6.30. The Morgan fingerprint density at radius 3 is 2.82 bits per heavy atom. The van der Waals surface area contributed by atoms with Gasteiger partial charge >= 0.3 is 0 Å². The summed E-state index contributed by atoms with van der Waals surface area (Å²) in [5.41, 5.74) is 9.43. The van der Waals surface area contributed by atoms with E-state index < -0.39 is 0 Å². The molecular weight excluding hydrogens is 290 g/mol. The lowest BCUT2D eigenvalue weighted by Crippen LogP contribution is -2.32. The Labute approximate surface area is 137 Å². The van der Waals surface area contributed by atoms with E-state index in [-0.39, 0.29) is 0 Å². The third-order valence-corrected chi connectivity index (χ3v) is 5.39. The van der Waals surface area contributed by atoms with Gasteiger partial charge < -0.3 is 5.73 Å². The van der Waals surface area contributed by atoms with Crippen molar-refractivity contribution in [1.29, 1.82) is 0 Å². The minimum atomic E-state index is 0.663. The van der Waals surface area contributed by atoms with Gasteiger partial charge in [-0.25, -0.2) is 4.98 Å². The molecule has 1 saturated heterocycles. The summed E-state index contributed by atoms with van der Waals surface area (Å²) in [4.78, 5) is 7.33. The lowest BCUT2D eigenvalue weighted by Gasteiger charge is -2.30. The van der Waals surface area contributed by atoms with E-state index in [1.807, 2.05) is 0 Å². The summed E-state index contributed by atoms with van der Waals surface area (Å²) >= 11 is 1.73. The number of likely N-dealkylation sites (tertiary alicyclic amines) is 1. The first kappa shape index (κ1) is 15.7. The summed E-state index contributed by atoms with van der Waals surface area (Å²) in [5, 5.41) is 3.27. The van der Waals surface area contributed by atoms with E-state index in [1.165, 1.54) is 37.1 Å². The van der Waals surface area contributed by atoms with Gasteiger partial charge in [0.05, 0.1) is 5.69 Å².